The SMILES string of the molecule is c1cnc(N2CCOCC2c2ccn[nH]2)cn1. The molecule has 1 fully saturated rings. The average molecular weight is 231 g/mol. The number of anilines is 1. The molecule has 1 saturated heterocycles. The first kappa shape index (κ1) is 10.2. The minimum absolute atomic E-state index is 0.128. The van der Waals surface area contributed by atoms with Gasteiger partial charge in [0.2, 0.25) is 0 Å². The molecule has 6 heteroatoms. The summed E-state index contributed by atoms with van der Waals surface area (Å²) in [6.45, 7) is 2.16. The third-order valence-electron chi connectivity index (χ3n) is 2.85. The first-order chi connectivity index (χ1) is 8.45. The summed E-state index contributed by atoms with van der Waals surface area (Å²) in [5.74, 6) is 0.871. The molecule has 3 heterocycles. The van der Waals surface area contributed by atoms with Crippen LogP contribution in [0.4, 0.5) is 5.82 Å². The van der Waals surface area contributed by atoms with Crippen LogP contribution < -0.4 is 4.90 Å². The first-order valence-electron chi connectivity index (χ1n) is 5.55. The van der Waals surface area contributed by atoms with Gasteiger partial charge in [0.1, 0.15) is 5.82 Å². The van der Waals surface area contributed by atoms with Crippen molar-refractivity contribution >= 4 is 5.82 Å². The molecule has 0 saturated carbocycles. The Morgan fingerprint density at radius 3 is 3.12 bits per heavy atom. The third kappa shape index (κ3) is 1.99. The van der Waals surface area contributed by atoms with E-state index < -0.39 is 0 Å². The van der Waals surface area contributed by atoms with Crippen LogP contribution in [0.5, 0.6) is 0 Å². The number of aromatic nitrogens is 4. The lowest BCUT2D eigenvalue weighted by Gasteiger charge is -2.35. The van der Waals surface area contributed by atoms with E-state index in [4.69, 9.17) is 4.74 Å². The predicted molar refractivity (Wildman–Crippen MR) is 61.5 cm³/mol. The lowest BCUT2D eigenvalue weighted by atomic mass is 10.1. The third-order valence-corrected chi connectivity index (χ3v) is 2.85. The van der Waals surface area contributed by atoms with Gasteiger partial charge >= 0.3 is 0 Å². The van der Waals surface area contributed by atoms with Crippen molar-refractivity contribution in [1.29, 1.82) is 0 Å². The Morgan fingerprint density at radius 2 is 2.35 bits per heavy atom. The van der Waals surface area contributed by atoms with Crippen LogP contribution in [0.25, 0.3) is 0 Å². The van der Waals surface area contributed by atoms with Crippen LogP contribution in [0, 0.1) is 0 Å². The zero-order valence-electron chi connectivity index (χ0n) is 9.28. The van der Waals surface area contributed by atoms with Crippen molar-refractivity contribution in [1.82, 2.24) is 20.2 Å². The Morgan fingerprint density at radius 1 is 1.35 bits per heavy atom. The summed E-state index contributed by atoms with van der Waals surface area (Å²) >= 11 is 0. The lowest BCUT2D eigenvalue weighted by molar-refractivity contribution is 0.0925. The molecule has 1 N–H and O–H groups in total. The molecule has 1 aliphatic heterocycles. The van der Waals surface area contributed by atoms with Gasteiger partial charge in [-0.3, -0.25) is 10.1 Å². The minimum Gasteiger partial charge on any atom is -0.377 e. The summed E-state index contributed by atoms with van der Waals surface area (Å²) in [6.07, 6.45) is 6.90. The van der Waals surface area contributed by atoms with Crippen molar-refractivity contribution < 1.29 is 4.74 Å². The molecule has 0 aromatic carbocycles. The lowest BCUT2D eigenvalue weighted by Crippen LogP contribution is -2.40. The molecule has 0 spiro atoms. The Labute approximate surface area is 98.7 Å². The highest BCUT2D eigenvalue weighted by molar-refractivity contribution is 5.39. The van der Waals surface area contributed by atoms with Crippen molar-refractivity contribution in [3.8, 4) is 0 Å². The molecule has 0 bridgehead atoms. The molecule has 2 aromatic rings. The number of hydrogen-bond donors (Lipinski definition) is 1. The monoisotopic (exact) mass is 231 g/mol. The van der Waals surface area contributed by atoms with E-state index in [0.29, 0.717) is 13.2 Å². The van der Waals surface area contributed by atoms with Gasteiger partial charge in [-0.15, -0.1) is 0 Å². The fourth-order valence-corrected chi connectivity index (χ4v) is 2.03. The van der Waals surface area contributed by atoms with E-state index in [0.717, 1.165) is 18.1 Å². The Balaban J connectivity index is 1.91. The fraction of sp³-hybridized carbons (Fsp3) is 0.364. The largest absolute Gasteiger partial charge is 0.377 e. The molecule has 0 radical (unpaired) electrons. The van der Waals surface area contributed by atoms with Gasteiger partial charge in [-0.1, -0.05) is 0 Å². The zero-order valence-corrected chi connectivity index (χ0v) is 9.28. The van der Waals surface area contributed by atoms with E-state index in [1.807, 2.05) is 6.07 Å². The molecule has 1 atom stereocenters. The zero-order chi connectivity index (χ0) is 11.5. The molecular weight excluding hydrogens is 218 g/mol. The summed E-state index contributed by atoms with van der Waals surface area (Å²) in [4.78, 5) is 10.6. The summed E-state index contributed by atoms with van der Waals surface area (Å²) < 4.78 is 5.52. The van der Waals surface area contributed by atoms with E-state index in [1.54, 1.807) is 24.8 Å². The van der Waals surface area contributed by atoms with Crippen LogP contribution in [0.3, 0.4) is 0 Å². The van der Waals surface area contributed by atoms with Gasteiger partial charge in [0.15, 0.2) is 0 Å². The number of hydrogen-bond acceptors (Lipinski definition) is 5. The van der Waals surface area contributed by atoms with Gasteiger partial charge in [0, 0.05) is 25.1 Å². The normalized spacial score (nSPS) is 20.5. The topological polar surface area (TPSA) is 66.9 Å². The second kappa shape index (κ2) is 4.50. The van der Waals surface area contributed by atoms with Crippen molar-refractivity contribution in [2.24, 2.45) is 0 Å². The molecular formula is C11H13N5O. The maximum absolute atomic E-state index is 5.52. The standard InChI is InChI=1S/C11H13N5O/c1-2-14-15-9(1)10-8-17-6-5-16(10)11-7-12-3-4-13-11/h1-4,7,10H,5-6,8H2,(H,14,15). The number of H-pyrrole nitrogens is 1. The number of rotatable bonds is 2. The number of ether oxygens (including phenoxy) is 1. The molecule has 0 aliphatic carbocycles. The van der Waals surface area contributed by atoms with Gasteiger partial charge in [0.05, 0.1) is 31.1 Å². The van der Waals surface area contributed by atoms with E-state index in [9.17, 15) is 0 Å². The Hall–Kier alpha value is -1.95. The highest BCUT2D eigenvalue weighted by Crippen LogP contribution is 2.26. The number of nitrogens with zero attached hydrogens (tertiary/aromatic N) is 4. The molecule has 2 aromatic heterocycles. The summed E-state index contributed by atoms with van der Waals surface area (Å²) in [5, 5.41) is 6.97. The van der Waals surface area contributed by atoms with Gasteiger partial charge in [-0.25, -0.2) is 4.98 Å². The van der Waals surface area contributed by atoms with Crippen molar-refractivity contribution in [2.75, 3.05) is 24.7 Å². The van der Waals surface area contributed by atoms with Crippen LogP contribution in [0.15, 0.2) is 30.9 Å². The van der Waals surface area contributed by atoms with Gasteiger partial charge in [-0.05, 0) is 6.07 Å². The van der Waals surface area contributed by atoms with E-state index in [-0.39, 0.29) is 6.04 Å². The molecule has 88 valence electrons. The predicted octanol–water partition coefficient (Wildman–Crippen LogP) is 0.778. The van der Waals surface area contributed by atoms with Crippen molar-refractivity contribution in [3.05, 3.63) is 36.5 Å². The summed E-state index contributed by atoms with van der Waals surface area (Å²) in [5.41, 5.74) is 1.04. The van der Waals surface area contributed by atoms with Crippen molar-refractivity contribution in [3.63, 3.8) is 0 Å². The van der Waals surface area contributed by atoms with Crippen LogP contribution in [-0.2, 0) is 4.74 Å². The maximum Gasteiger partial charge on any atom is 0.147 e. The maximum atomic E-state index is 5.52. The molecule has 0 amide bonds. The highest BCUT2D eigenvalue weighted by Gasteiger charge is 2.26. The minimum atomic E-state index is 0.128. The first-order valence-corrected chi connectivity index (χ1v) is 5.55. The van der Waals surface area contributed by atoms with Crippen LogP contribution in [0.1, 0.15) is 11.7 Å². The summed E-state index contributed by atoms with van der Waals surface area (Å²) in [7, 11) is 0. The molecule has 1 aliphatic rings. The van der Waals surface area contributed by atoms with Crippen LogP contribution in [-0.4, -0.2) is 39.9 Å². The van der Waals surface area contributed by atoms with Gasteiger partial charge < -0.3 is 9.64 Å². The Kier molecular flexibility index (Phi) is 2.71. The molecule has 17 heavy (non-hydrogen) atoms. The van der Waals surface area contributed by atoms with E-state index in [2.05, 4.69) is 25.1 Å². The quantitative estimate of drug-likeness (QED) is 0.827. The number of aromatic amines is 1. The van der Waals surface area contributed by atoms with E-state index in [1.165, 1.54) is 0 Å². The van der Waals surface area contributed by atoms with Crippen molar-refractivity contribution in [2.45, 2.75) is 6.04 Å². The second-order valence-corrected chi connectivity index (χ2v) is 3.86. The summed E-state index contributed by atoms with van der Waals surface area (Å²) in [6, 6.07) is 2.09. The van der Waals surface area contributed by atoms with Gasteiger partial charge in [0.25, 0.3) is 0 Å². The smallest absolute Gasteiger partial charge is 0.147 e. The highest BCUT2D eigenvalue weighted by atomic mass is 16.5. The fourth-order valence-electron chi connectivity index (χ4n) is 2.03. The second-order valence-electron chi connectivity index (χ2n) is 3.86. The Bertz CT molecular complexity index is 458. The number of morpholine rings is 1. The van der Waals surface area contributed by atoms with Crippen LogP contribution in [0.2, 0.25) is 0 Å². The van der Waals surface area contributed by atoms with Crippen LogP contribution >= 0.6 is 0 Å². The number of nitrogens with one attached hydrogen (secondary N) is 1. The average Bonchev–Trinajstić information content (AvgIpc) is 2.94. The molecule has 3 rings (SSSR count). The molecule has 1 unspecified atom stereocenters. The van der Waals surface area contributed by atoms with E-state index >= 15 is 0 Å². The molecule has 6 nitrogen and oxygen atoms in total. The van der Waals surface area contributed by atoms with Gasteiger partial charge in [-0.2, -0.15) is 5.10 Å².